The number of carboxylic acids is 1. The third-order valence-corrected chi connectivity index (χ3v) is 7.31. The summed E-state index contributed by atoms with van der Waals surface area (Å²) in [5, 5.41) is 16.5. The van der Waals surface area contributed by atoms with Crippen LogP contribution < -0.4 is 16.3 Å². The second-order valence-electron chi connectivity index (χ2n) is 9.86. The maximum atomic E-state index is 13.0. The van der Waals surface area contributed by atoms with Crippen LogP contribution in [-0.4, -0.2) is 35.5 Å². The van der Waals surface area contributed by atoms with Gasteiger partial charge in [0.25, 0.3) is 0 Å². The zero-order valence-corrected chi connectivity index (χ0v) is 23.3. The van der Waals surface area contributed by atoms with Crippen LogP contribution in [0.15, 0.2) is 50.0 Å². The van der Waals surface area contributed by atoms with Crippen LogP contribution in [0.25, 0.3) is 21.9 Å². The van der Waals surface area contributed by atoms with Gasteiger partial charge in [0.2, 0.25) is 11.8 Å². The Labute approximate surface area is 235 Å². The maximum Gasteiger partial charge on any atom is 0.339 e. The molecule has 0 spiro atoms. The number of carbonyl (C=O) groups excluding carboxylic acids is 2. The van der Waals surface area contributed by atoms with Crippen molar-refractivity contribution in [1.82, 2.24) is 10.6 Å². The summed E-state index contributed by atoms with van der Waals surface area (Å²) in [6, 6.07) is 9.69. The number of aryl methyl sites for hydroxylation is 3. The summed E-state index contributed by atoms with van der Waals surface area (Å²) >= 11 is 5.97. The number of rotatable bonds is 11. The van der Waals surface area contributed by atoms with Crippen LogP contribution in [-0.2, 0) is 27.2 Å². The van der Waals surface area contributed by atoms with Gasteiger partial charge in [-0.05, 0) is 68.5 Å². The molecule has 0 aliphatic rings. The van der Waals surface area contributed by atoms with E-state index in [-0.39, 0.29) is 38.6 Å². The average Bonchev–Trinajstić information content (AvgIpc) is 3.18. The largest absolute Gasteiger partial charge is 0.481 e. The van der Waals surface area contributed by atoms with E-state index in [1.54, 1.807) is 30.3 Å². The number of aliphatic carboxylic acids is 1. The van der Waals surface area contributed by atoms with Crippen molar-refractivity contribution in [1.29, 1.82) is 0 Å². The summed E-state index contributed by atoms with van der Waals surface area (Å²) in [5.74, 6) is -0.991. The number of amides is 2. The van der Waals surface area contributed by atoms with Gasteiger partial charge in [-0.25, -0.2) is 4.79 Å². The fourth-order valence-electron chi connectivity index (χ4n) is 4.66. The van der Waals surface area contributed by atoms with E-state index in [9.17, 15) is 19.2 Å². The van der Waals surface area contributed by atoms with E-state index in [1.807, 2.05) is 26.8 Å². The predicted molar refractivity (Wildman–Crippen MR) is 152 cm³/mol. The van der Waals surface area contributed by atoms with Crippen LogP contribution in [0, 0.1) is 20.8 Å². The van der Waals surface area contributed by atoms with E-state index in [0.29, 0.717) is 21.8 Å². The Morgan fingerprint density at radius 3 is 2.33 bits per heavy atom. The first-order valence-corrected chi connectivity index (χ1v) is 13.4. The standard InChI is InChI=1S/C30H31ClN2O7/c1-16-18(3)39-25-15-26-23(14-22(16)25)17(2)21(30(38)40-26)10-11-27(34)33-24(13-19-6-8-20(31)9-7-19)29(37)32-12-4-5-28(35)36/h6-9,14-15,24H,4-5,10-13H2,1-3H3,(H,32,37)(H,33,34)(H,35,36)/t24-/m0/s1. The van der Waals surface area contributed by atoms with E-state index < -0.39 is 29.5 Å². The van der Waals surface area contributed by atoms with Gasteiger partial charge < -0.3 is 24.6 Å². The van der Waals surface area contributed by atoms with Crippen molar-refractivity contribution < 1.29 is 28.3 Å². The molecule has 10 heteroatoms. The van der Waals surface area contributed by atoms with Crippen LogP contribution in [0.1, 0.15) is 47.3 Å². The number of carboxylic acid groups (broad SMARTS) is 1. The Morgan fingerprint density at radius 2 is 1.62 bits per heavy atom. The molecule has 0 aliphatic carbocycles. The smallest absolute Gasteiger partial charge is 0.339 e. The van der Waals surface area contributed by atoms with Gasteiger partial charge in [-0.3, -0.25) is 14.4 Å². The lowest BCUT2D eigenvalue weighted by atomic mass is 10.00. The van der Waals surface area contributed by atoms with Crippen LogP contribution in [0.4, 0.5) is 0 Å². The molecule has 0 saturated carbocycles. The lowest BCUT2D eigenvalue weighted by molar-refractivity contribution is -0.137. The van der Waals surface area contributed by atoms with E-state index in [1.165, 1.54) is 0 Å². The number of carbonyl (C=O) groups is 3. The van der Waals surface area contributed by atoms with Crippen molar-refractivity contribution in [2.24, 2.45) is 0 Å². The Kier molecular flexibility index (Phi) is 8.94. The van der Waals surface area contributed by atoms with Gasteiger partial charge in [-0.1, -0.05) is 23.7 Å². The van der Waals surface area contributed by atoms with E-state index >= 15 is 0 Å². The number of halogens is 1. The van der Waals surface area contributed by atoms with Gasteiger partial charge in [-0.2, -0.15) is 0 Å². The number of hydrogen-bond donors (Lipinski definition) is 3. The van der Waals surface area contributed by atoms with Crippen LogP contribution in [0.5, 0.6) is 0 Å². The van der Waals surface area contributed by atoms with Gasteiger partial charge in [0.1, 0.15) is 23.0 Å². The highest BCUT2D eigenvalue weighted by Crippen LogP contribution is 2.31. The third kappa shape index (κ3) is 6.71. The zero-order chi connectivity index (χ0) is 29.0. The maximum absolute atomic E-state index is 13.0. The van der Waals surface area contributed by atoms with Crippen molar-refractivity contribution in [3.63, 3.8) is 0 Å². The summed E-state index contributed by atoms with van der Waals surface area (Å²) < 4.78 is 11.3. The van der Waals surface area contributed by atoms with E-state index in [0.717, 1.165) is 33.2 Å². The van der Waals surface area contributed by atoms with Crippen LogP contribution in [0.3, 0.4) is 0 Å². The Hall–Kier alpha value is -4.11. The minimum atomic E-state index is -0.951. The minimum absolute atomic E-state index is 0.0351. The Balaban J connectivity index is 1.49. The average molecular weight is 567 g/mol. The third-order valence-electron chi connectivity index (χ3n) is 7.06. The van der Waals surface area contributed by atoms with E-state index in [2.05, 4.69) is 10.6 Å². The topological polar surface area (TPSA) is 139 Å². The normalized spacial score (nSPS) is 12.0. The van der Waals surface area contributed by atoms with Gasteiger partial charge in [0, 0.05) is 53.2 Å². The number of nitrogens with one attached hydrogen (secondary N) is 2. The van der Waals surface area contributed by atoms with Gasteiger partial charge in [0.05, 0.1) is 0 Å². The first-order chi connectivity index (χ1) is 19.0. The highest BCUT2D eigenvalue weighted by Gasteiger charge is 2.22. The summed E-state index contributed by atoms with van der Waals surface area (Å²) in [6.45, 7) is 5.84. The highest BCUT2D eigenvalue weighted by molar-refractivity contribution is 6.30. The molecule has 0 bridgehead atoms. The van der Waals surface area contributed by atoms with Gasteiger partial charge >= 0.3 is 11.6 Å². The molecule has 4 rings (SSSR count). The van der Waals surface area contributed by atoms with E-state index in [4.69, 9.17) is 25.5 Å². The van der Waals surface area contributed by atoms with Crippen LogP contribution in [0.2, 0.25) is 5.02 Å². The zero-order valence-electron chi connectivity index (χ0n) is 22.6. The monoisotopic (exact) mass is 566 g/mol. The molecule has 3 N–H and O–H groups in total. The molecule has 0 fully saturated rings. The number of fused-ring (bicyclic) bond motifs is 2. The molecular weight excluding hydrogens is 536 g/mol. The molecule has 2 aromatic heterocycles. The molecule has 0 radical (unpaired) electrons. The molecule has 0 unspecified atom stereocenters. The molecule has 2 aromatic carbocycles. The molecule has 2 amide bonds. The molecule has 210 valence electrons. The summed E-state index contributed by atoms with van der Waals surface area (Å²) in [4.78, 5) is 49.4. The number of hydrogen-bond acceptors (Lipinski definition) is 6. The number of furan rings is 1. The Bertz CT molecular complexity index is 1640. The van der Waals surface area contributed by atoms with Crippen molar-refractivity contribution in [2.45, 2.75) is 58.9 Å². The second kappa shape index (κ2) is 12.4. The highest BCUT2D eigenvalue weighted by atomic mass is 35.5. The predicted octanol–water partition coefficient (Wildman–Crippen LogP) is 4.76. The fraction of sp³-hybridized carbons (Fsp3) is 0.333. The Morgan fingerprint density at radius 1 is 0.950 bits per heavy atom. The minimum Gasteiger partial charge on any atom is -0.481 e. The molecule has 0 aliphatic heterocycles. The van der Waals surface area contributed by atoms with Gasteiger partial charge in [-0.15, -0.1) is 0 Å². The molecule has 2 heterocycles. The van der Waals surface area contributed by atoms with Crippen molar-refractivity contribution in [3.8, 4) is 0 Å². The SMILES string of the molecule is Cc1oc2cc3oc(=O)c(CCC(=O)N[C@@H](Cc4ccc(Cl)cc4)C(=O)NCCCC(=O)O)c(C)c3cc2c1C. The molecule has 0 saturated heterocycles. The lowest BCUT2D eigenvalue weighted by Gasteiger charge is -2.19. The van der Waals surface area contributed by atoms with Crippen molar-refractivity contribution in [2.75, 3.05) is 6.54 Å². The first kappa shape index (κ1) is 28.9. The summed E-state index contributed by atoms with van der Waals surface area (Å²) in [7, 11) is 0. The summed E-state index contributed by atoms with van der Waals surface area (Å²) in [6.07, 6.45) is 0.500. The van der Waals surface area contributed by atoms with Crippen molar-refractivity contribution >= 4 is 51.3 Å². The molecule has 1 atom stereocenters. The summed E-state index contributed by atoms with van der Waals surface area (Å²) in [5.41, 5.74) is 3.46. The molecule has 9 nitrogen and oxygen atoms in total. The molecule has 4 aromatic rings. The first-order valence-electron chi connectivity index (χ1n) is 13.0. The van der Waals surface area contributed by atoms with Crippen LogP contribution >= 0.6 is 11.6 Å². The molecular formula is C30H31ClN2O7. The lowest BCUT2D eigenvalue weighted by Crippen LogP contribution is -2.48. The van der Waals surface area contributed by atoms with Crippen molar-refractivity contribution in [3.05, 3.63) is 79.9 Å². The van der Waals surface area contributed by atoms with Gasteiger partial charge in [0.15, 0.2) is 0 Å². The molecule has 40 heavy (non-hydrogen) atoms. The number of benzene rings is 2. The fourth-order valence-corrected chi connectivity index (χ4v) is 4.78. The quantitative estimate of drug-likeness (QED) is 0.176. The second-order valence-corrected chi connectivity index (χ2v) is 10.3.